The van der Waals surface area contributed by atoms with Gasteiger partial charge in [-0.15, -0.1) is 0 Å². The van der Waals surface area contributed by atoms with Crippen LogP contribution in [0.15, 0.2) is 72.8 Å². The first-order valence-corrected chi connectivity index (χ1v) is 10.6. The lowest BCUT2D eigenvalue weighted by Crippen LogP contribution is -2.45. The normalized spacial score (nSPS) is 15.5. The molecular weight excluding hydrogens is 465 g/mol. The average Bonchev–Trinajstić information content (AvgIpc) is 3.12. The summed E-state index contributed by atoms with van der Waals surface area (Å²) in [5.41, 5.74) is 0.346. The van der Waals surface area contributed by atoms with Gasteiger partial charge in [0.15, 0.2) is 0 Å². The zero-order valence-corrected chi connectivity index (χ0v) is 18.3. The van der Waals surface area contributed by atoms with Gasteiger partial charge in [0.05, 0.1) is 17.0 Å². The number of benzene rings is 3. The molecule has 1 heterocycles. The van der Waals surface area contributed by atoms with Crippen LogP contribution in [-0.4, -0.2) is 33.6 Å². The molecule has 10 heteroatoms. The summed E-state index contributed by atoms with van der Waals surface area (Å²) in [6.07, 6.45) is -0.268. The molecule has 3 aromatic rings. The van der Waals surface area contributed by atoms with Crippen LogP contribution in [0.5, 0.6) is 0 Å². The van der Waals surface area contributed by atoms with E-state index in [0.717, 1.165) is 11.0 Å². The van der Waals surface area contributed by atoms with E-state index < -0.39 is 40.2 Å². The molecule has 8 nitrogen and oxygen atoms in total. The van der Waals surface area contributed by atoms with Crippen LogP contribution in [0.2, 0.25) is 5.02 Å². The third kappa shape index (κ3) is 4.51. The lowest BCUT2D eigenvalue weighted by molar-refractivity contribution is -0.384. The molecule has 0 radical (unpaired) electrons. The Kier molecular flexibility index (Phi) is 6.38. The van der Waals surface area contributed by atoms with Gasteiger partial charge in [0.25, 0.3) is 17.5 Å². The molecule has 1 unspecified atom stereocenters. The monoisotopic (exact) mass is 481 g/mol. The number of imide groups is 1. The van der Waals surface area contributed by atoms with Crippen LogP contribution < -0.4 is 4.90 Å². The molecule has 1 aliphatic heterocycles. The molecule has 1 fully saturated rings. The Morgan fingerprint density at radius 3 is 2.41 bits per heavy atom. The highest BCUT2D eigenvalue weighted by Crippen LogP contribution is 2.30. The Hall–Kier alpha value is -4.11. The van der Waals surface area contributed by atoms with Gasteiger partial charge in [-0.05, 0) is 42.0 Å². The van der Waals surface area contributed by atoms with E-state index in [-0.39, 0.29) is 23.6 Å². The lowest BCUT2D eigenvalue weighted by Gasteiger charge is -2.28. The fourth-order valence-electron chi connectivity index (χ4n) is 3.77. The molecule has 1 atom stereocenters. The summed E-state index contributed by atoms with van der Waals surface area (Å²) >= 11 is 5.87. The highest BCUT2D eigenvalue weighted by atomic mass is 35.5. The third-order valence-electron chi connectivity index (χ3n) is 5.43. The van der Waals surface area contributed by atoms with Crippen LogP contribution in [0.3, 0.4) is 0 Å². The van der Waals surface area contributed by atoms with E-state index in [1.165, 1.54) is 41.3 Å². The van der Waals surface area contributed by atoms with E-state index in [1.54, 1.807) is 30.3 Å². The number of rotatable bonds is 6. The first-order chi connectivity index (χ1) is 16.3. The zero-order chi connectivity index (χ0) is 24.4. The minimum atomic E-state index is -1.15. The quantitative estimate of drug-likeness (QED) is 0.296. The Labute approximate surface area is 198 Å². The van der Waals surface area contributed by atoms with E-state index >= 15 is 0 Å². The SMILES string of the molecule is O=C1CC(N(Cc2ccc(F)cc2)C(=O)c2ccc(Cl)c([N+](=O)[O-])c2)C(=O)N1c1ccccc1. The molecule has 1 aliphatic rings. The molecule has 0 aliphatic carbocycles. The number of nitro benzene ring substituents is 1. The molecule has 0 spiro atoms. The maximum absolute atomic E-state index is 13.5. The minimum absolute atomic E-state index is 0.0726. The fraction of sp³-hybridized carbons (Fsp3) is 0.125. The standard InChI is InChI=1S/C24H17ClFN3O5/c25-19-11-8-16(12-20(19)29(33)34)23(31)27(14-15-6-9-17(26)10-7-15)21-13-22(30)28(24(21)32)18-4-2-1-3-5-18/h1-12,21H,13-14H2. The van der Waals surface area contributed by atoms with E-state index in [1.807, 2.05) is 0 Å². The van der Waals surface area contributed by atoms with Crippen molar-refractivity contribution in [1.29, 1.82) is 0 Å². The number of hydrogen-bond donors (Lipinski definition) is 0. The van der Waals surface area contributed by atoms with Crippen LogP contribution in [0.1, 0.15) is 22.3 Å². The van der Waals surface area contributed by atoms with Gasteiger partial charge in [0.2, 0.25) is 5.91 Å². The highest BCUT2D eigenvalue weighted by Gasteiger charge is 2.44. The van der Waals surface area contributed by atoms with E-state index in [0.29, 0.717) is 11.3 Å². The fourth-order valence-corrected chi connectivity index (χ4v) is 3.96. The summed E-state index contributed by atoms with van der Waals surface area (Å²) in [5.74, 6) is -2.27. The van der Waals surface area contributed by atoms with Gasteiger partial charge in [-0.2, -0.15) is 0 Å². The Bertz CT molecular complexity index is 1280. The minimum Gasteiger partial charge on any atom is -0.322 e. The average molecular weight is 482 g/mol. The summed E-state index contributed by atoms with van der Waals surface area (Å²) in [4.78, 5) is 52.3. The summed E-state index contributed by atoms with van der Waals surface area (Å²) < 4.78 is 13.4. The van der Waals surface area contributed by atoms with Crippen molar-refractivity contribution in [3.8, 4) is 0 Å². The van der Waals surface area contributed by atoms with Crippen molar-refractivity contribution >= 4 is 40.7 Å². The van der Waals surface area contributed by atoms with Crippen molar-refractivity contribution in [1.82, 2.24) is 4.90 Å². The van der Waals surface area contributed by atoms with Gasteiger partial charge in [-0.3, -0.25) is 24.5 Å². The predicted octanol–water partition coefficient (Wildman–Crippen LogP) is 4.36. The van der Waals surface area contributed by atoms with E-state index in [4.69, 9.17) is 11.6 Å². The lowest BCUT2D eigenvalue weighted by atomic mass is 10.1. The third-order valence-corrected chi connectivity index (χ3v) is 5.75. The number of carbonyl (C=O) groups excluding carboxylic acids is 3. The Balaban J connectivity index is 1.73. The maximum Gasteiger partial charge on any atom is 0.288 e. The second-order valence-corrected chi connectivity index (χ2v) is 8.01. The maximum atomic E-state index is 13.5. The Morgan fingerprint density at radius 2 is 1.76 bits per heavy atom. The van der Waals surface area contributed by atoms with Crippen LogP contribution in [0.25, 0.3) is 0 Å². The predicted molar refractivity (Wildman–Crippen MR) is 122 cm³/mol. The number of halogens is 2. The van der Waals surface area contributed by atoms with Crippen molar-refractivity contribution in [2.75, 3.05) is 4.90 Å². The van der Waals surface area contributed by atoms with Crippen molar-refractivity contribution in [2.24, 2.45) is 0 Å². The zero-order valence-electron chi connectivity index (χ0n) is 17.6. The molecule has 4 rings (SSSR count). The van der Waals surface area contributed by atoms with Gasteiger partial charge in [-0.25, -0.2) is 9.29 Å². The van der Waals surface area contributed by atoms with Gasteiger partial charge < -0.3 is 4.90 Å². The molecule has 1 saturated heterocycles. The topological polar surface area (TPSA) is 101 Å². The molecule has 3 amide bonds. The van der Waals surface area contributed by atoms with Crippen molar-refractivity contribution < 1.29 is 23.7 Å². The number of hydrogen-bond acceptors (Lipinski definition) is 5. The second-order valence-electron chi connectivity index (χ2n) is 7.61. The summed E-state index contributed by atoms with van der Waals surface area (Å²) in [6, 6.07) is 16.0. The van der Waals surface area contributed by atoms with E-state index in [9.17, 15) is 28.9 Å². The summed E-state index contributed by atoms with van der Waals surface area (Å²) in [5, 5.41) is 11.2. The Morgan fingerprint density at radius 1 is 1.09 bits per heavy atom. The van der Waals surface area contributed by atoms with E-state index in [2.05, 4.69) is 0 Å². The van der Waals surface area contributed by atoms with Crippen LogP contribution in [0.4, 0.5) is 15.8 Å². The summed E-state index contributed by atoms with van der Waals surface area (Å²) in [7, 11) is 0. The van der Waals surface area contributed by atoms with Gasteiger partial charge in [0, 0.05) is 18.2 Å². The van der Waals surface area contributed by atoms with Crippen molar-refractivity contribution in [3.05, 3.63) is 105 Å². The molecule has 34 heavy (non-hydrogen) atoms. The molecule has 3 aromatic carbocycles. The largest absolute Gasteiger partial charge is 0.322 e. The smallest absolute Gasteiger partial charge is 0.288 e. The number of anilines is 1. The van der Waals surface area contributed by atoms with Gasteiger partial charge in [-0.1, -0.05) is 41.9 Å². The van der Waals surface area contributed by atoms with Crippen LogP contribution in [0, 0.1) is 15.9 Å². The molecule has 172 valence electrons. The van der Waals surface area contributed by atoms with Crippen LogP contribution in [-0.2, 0) is 16.1 Å². The van der Waals surface area contributed by atoms with Gasteiger partial charge >= 0.3 is 0 Å². The number of nitrogens with zero attached hydrogens (tertiary/aromatic N) is 3. The number of para-hydroxylation sites is 1. The van der Waals surface area contributed by atoms with Crippen LogP contribution >= 0.6 is 11.6 Å². The van der Waals surface area contributed by atoms with Crippen molar-refractivity contribution in [3.63, 3.8) is 0 Å². The molecular formula is C24H17ClFN3O5. The first-order valence-electron chi connectivity index (χ1n) is 10.2. The number of nitro groups is 1. The summed E-state index contributed by atoms with van der Waals surface area (Å²) in [6.45, 7) is -0.123. The first kappa shape index (κ1) is 23.1. The molecule has 0 N–H and O–H groups in total. The number of carbonyl (C=O) groups is 3. The molecule has 0 bridgehead atoms. The van der Waals surface area contributed by atoms with Gasteiger partial charge in [0.1, 0.15) is 16.9 Å². The highest BCUT2D eigenvalue weighted by molar-refractivity contribution is 6.32. The molecule has 0 aromatic heterocycles. The van der Waals surface area contributed by atoms with Crippen molar-refractivity contribution in [2.45, 2.75) is 19.0 Å². The second kappa shape index (κ2) is 9.40. The number of amides is 3. The molecule has 0 saturated carbocycles.